The first kappa shape index (κ1) is 13.2. The van der Waals surface area contributed by atoms with E-state index in [1.165, 1.54) is 11.5 Å². The average Bonchev–Trinajstić information content (AvgIpc) is 2.57. The van der Waals surface area contributed by atoms with Crippen LogP contribution in [0, 0.1) is 13.8 Å². The number of aromatic nitrogens is 1. The van der Waals surface area contributed by atoms with E-state index >= 15 is 0 Å². The number of aryl methyl sites for hydroxylation is 2. The van der Waals surface area contributed by atoms with E-state index in [1.807, 2.05) is 32.0 Å². The van der Waals surface area contributed by atoms with E-state index in [-0.39, 0.29) is 5.78 Å². The fourth-order valence-electron chi connectivity index (χ4n) is 1.81. The molecule has 0 aliphatic rings. The molecule has 1 N–H and O–H groups in total. The zero-order valence-corrected chi connectivity index (χ0v) is 12.8. The molecule has 0 unspecified atom stereocenters. The second-order valence-corrected chi connectivity index (χ2v) is 5.86. The van der Waals surface area contributed by atoms with Crippen molar-refractivity contribution in [1.29, 1.82) is 0 Å². The summed E-state index contributed by atoms with van der Waals surface area (Å²) in [6, 6.07) is 6.05. The van der Waals surface area contributed by atoms with Crippen molar-refractivity contribution in [2.75, 3.05) is 5.32 Å². The van der Waals surface area contributed by atoms with Gasteiger partial charge in [-0.1, -0.05) is 15.9 Å². The third kappa shape index (κ3) is 2.79. The monoisotopic (exact) mass is 324 g/mol. The molecule has 2 rings (SSSR count). The SMILES string of the molecule is CC(=O)c1c(C)nsc1Nc1cc(C)cc(Br)c1. The molecule has 0 amide bonds. The Kier molecular flexibility index (Phi) is 3.82. The number of halogens is 1. The van der Waals surface area contributed by atoms with Crippen LogP contribution in [-0.2, 0) is 0 Å². The van der Waals surface area contributed by atoms with Crippen molar-refractivity contribution < 1.29 is 4.79 Å². The summed E-state index contributed by atoms with van der Waals surface area (Å²) in [5.74, 6) is 0.0375. The highest BCUT2D eigenvalue weighted by Gasteiger charge is 2.15. The van der Waals surface area contributed by atoms with Gasteiger partial charge in [-0.3, -0.25) is 4.79 Å². The number of hydrogen-bond donors (Lipinski definition) is 1. The second kappa shape index (κ2) is 5.20. The molecule has 0 spiro atoms. The van der Waals surface area contributed by atoms with Gasteiger partial charge in [0.15, 0.2) is 5.78 Å². The number of carbonyl (C=O) groups is 1. The first-order valence-electron chi connectivity index (χ1n) is 5.49. The van der Waals surface area contributed by atoms with E-state index < -0.39 is 0 Å². The largest absolute Gasteiger partial charge is 0.345 e. The van der Waals surface area contributed by atoms with Crippen molar-refractivity contribution in [3.63, 3.8) is 0 Å². The fraction of sp³-hybridized carbons (Fsp3) is 0.231. The van der Waals surface area contributed by atoms with Crippen molar-refractivity contribution in [2.24, 2.45) is 0 Å². The zero-order valence-electron chi connectivity index (χ0n) is 10.4. The molecule has 0 saturated carbocycles. The van der Waals surface area contributed by atoms with Gasteiger partial charge in [0.1, 0.15) is 5.00 Å². The minimum atomic E-state index is 0.0375. The van der Waals surface area contributed by atoms with Crippen LogP contribution in [0.1, 0.15) is 28.5 Å². The molecule has 1 aromatic carbocycles. The van der Waals surface area contributed by atoms with Crippen LogP contribution in [0.25, 0.3) is 0 Å². The molecule has 94 valence electrons. The molecule has 0 saturated heterocycles. The molecule has 1 heterocycles. The summed E-state index contributed by atoms with van der Waals surface area (Å²) in [7, 11) is 0. The Morgan fingerprint density at radius 1 is 1.33 bits per heavy atom. The molecule has 1 aromatic heterocycles. The summed E-state index contributed by atoms with van der Waals surface area (Å²) in [6.07, 6.45) is 0. The van der Waals surface area contributed by atoms with Crippen LogP contribution >= 0.6 is 27.5 Å². The lowest BCUT2D eigenvalue weighted by Gasteiger charge is -2.07. The number of hydrogen-bond acceptors (Lipinski definition) is 4. The first-order valence-corrected chi connectivity index (χ1v) is 7.05. The third-order valence-corrected chi connectivity index (χ3v) is 3.83. The smallest absolute Gasteiger partial charge is 0.164 e. The van der Waals surface area contributed by atoms with E-state index in [0.717, 1.165) is 26.4 Å². The summed E-state index contributed by atoms with van der Waals surface area (Å²) < 4.78 is 5.24. The van der Waals surface area contributed by atoms with Crippen LogP contribution in [0.3, 0.4) is 0 Å². The Labute approximate surface area is 119 Å². The van der Waals surface area contributed by atoms with Crippen molar-refractivity contribution in [3.8, 4) is 0 Å². The molecule has 0 aliphatic heterocycles. The molecular formula is C13H13BrN2OS. The Bertz CT molecular complexity index is 587. The van der Waals surface area contributed by atoms with Gasteiger partial charge in [-0.05, 0) is 56.1 Å². The number of anilines is 2. The molecule has 0 atom stereocenters. The number of ketones is 1. The van der Waals surface area contributed by atoms with Gasteiger partial charge < -0.3 is 5.32 Å². The van der Waals surface area contributed by atoms with Gasteiger partial charge in [0, 0.05) is 10.2 Å². The van der Waals surface area contributed by atoms with Gasteiger partial charge in [0.05, 0.1) is 11.3 Å². The summed E-state index contributed by atoms with van der Waals surface area (Å²) in [4.78, 5) is 11.6. The van der Waals surface area contributed by atoms with E-state index in [1.54, 1.807) is 6.92 Å². The van der Waals surface area contributed by atoms with Crippen molar-refractivity contribution in [1.82, 2.24) is 4.37 Å². The van der Waals surface area contributed by atoms with Crippen LogP contribution in [0.15, 0.2) is 22.7 Å². The number of carbonyl (C=O) groups excluding carboxylic acids is 1. The molecule has 0 fully saturated rings. The molecule has 0 bridgehead atoms. The topological polar surface area (TPSA) is 42.0 Å². The number of nitrogens with zero attached hydrogens (tertiary/aromatic N) is 1. The maximum absolute atomic E-state index is 11.6. The lowest BCUT2D eigenvalue weighted by molar-refractivity contribution is 0.101. The van der Waals surface area contributed by atoms with Crippen LogP contribution in [0.2, 0.25) is 0 Å². The Morgan fingerprint density at radius 3 is 2.67 bits per heavy atom. The van der Waals surface area contributed by atoms with Crippen molar-refractivity contribution >= 4 is 43.9 Å². The predicted octanol–water partition coefficient (Wildman–Crippen LogP) is 4.47. The Morgan fingerprint density at radius 2 is 2.06 bits per heavy atom. The highest BCUT2D eigenvalue weighted by Crippen LogP contribution is 2.30. The highest BCUT2D eigenvalue weighted by molar-refractivity contribution is 9.10. The number of Topliss-reactive ketones (excluding diaryl/α,β-unsaturated/α-hetero) is 1. The minimum absolute atomic E-state index is 0.0375. The van der Waals surface area contributed by atoms with E-state index in [9.17, 15) is 4.79 Å². The predicted molar refractivity (Wildman–Crippen MR) is 79.0 cm³/mol. The molecule has 0 radical (unpaired) electrons. The highest BCUT2D eigenvalue weighted by atomic mass is 79.9. The van der Waals surface area contributed by atoms with Gasteiger partial charge in [-0.2, -0.15) is 4.37 Å². The van der Waals surface area contributed by atoms with E-state index in [4.69, 9.17) is 0 Å². The minimum Gasteiger partial charge on any atom is -0.345 e. The van der Waals surface area contributed by atoms with Crippen LogP contribution in [-0.4, -0.2) is 10.2 Å². The maximum Gasteiger partial charge on any atom is 0.164 e. The van der Waals surface area contributed by atoms with Gasteiger partial charge in [0.25, 0.3) is 0 Å². The standard InChI is InChI=1S/C13H13BrN2OS/c1-7-4-10(14)6-11(5-7)15-13-12(9(3)17)8(2)16-18-13/h4-6,15H,1-3H3. The lowest BCUT2D eigenvalue weighted by atomic mass is 10.1. The summed E-state index contributed by atoms with van der Waals surface area (Å²) >= 11 is 4.77. The first-order chi connectivity index (χ1) is 8.47. The van der Waals surface area contributed by atoms with Crippen LogP contribution < -0.4 is 5.32 Å². The Balaban J connectivity index is 2.37. The summed E-state index contributed by atoms with van der Waals surface area (Å²) in [6.45, 7) is 5.44. The van der Waals surface area contributed by atoms with Crippen LogP contribution in [0.5, 0.6) is 0 Å². The molecule has 0 aliphatic carbocycles. The van der Waals surface area contributed by atoms with Crippen molar-refractivity contribution in [2.45, 2.75) is 20.8 Å². The van der Waals surface area contributed by atoms with Gasteiger partial charge in [-0.15, -0.1) is 0 Å². The molecule has 2 aromatic rings. The van der Waals surface area contributed by atoms with E-state index in [0.29, 0.717) is 5.56 Å². The Hall–Kier alpha value is -1.20. The molecular weight excluding hydrogens is 312 g/mol. The van der Waals surface area contributed by atoms with Gasteiger partial charge in [0.2, 0.25) is 0 Å². The maximum atomic E-state index is 11.6. The third-order valence-electron chi connectivity index (χ3n) is 2.51. The summed E-state index contributed by atoms with van der Waals surface area (Å²) in [5, 5.41) is 4.06. The number of nitrogens with one attached hydrogen (secondary N) is 1. The molecule has 18 heavy (non-hydrogen) atoms. The normalized spacial score (nSPS) is 10.4. The van der Waals surface area contributed by atoms with Crippen LogP contribution in [0.4, 0.5) is 10.7 Å². The number of benzene rings is 1. The average molecular weight is 325 g/mol. The van der Waals surface area contributed by atoms with E-state index in [2.05, 4.69) is 25.6 Å². The fourth-order valence-corrected chi connectivity index (χ4v) is 3.28. The zero-order chi connectivity index (χ0) is 13.3. The molecule has 5 heteroatoms. The lowest BCUT2D eigenvalue weighted by Crippen LogP contribution is -1.98. The quantitative estimate of drug-likeness (QED) is 0.847. The van der Waals surface area contributed by atoms with Gasteiger partial charge in [-0.25, -0.2) is 0 Å². The number of rotatable bonds is 3. The van der Waals surface area contributed by atoms with Gasteiger partial charge >= 0.3 is 0 Å². The second-order valence-electron chi connectivity index (χ2n) is 4.17. The molecule has 3 nitrogen and oxygen atoms in total. The van der Waals surface area contributed by atoms with Crippen molar-refractivity contribution in [3.05, 3.63) is 39.5 Å². The summed E-state index contributed by atoms with van der Waals surface area (Å²) in [5.41, 5.74) is 3.56.